The standard InChI is InChI=1S/C21H22N4O3/c1-23-12-9-22-19(23)16-6-2-3-7-17(16)20(26)24-10-5-11-25(14-13-24)21(27)18-8-4-15-28-18/h2-4,6-9,12,15H,5,10-11,13-14H2,1H3. The van der Waals surface area contributed by atoms with Crippen LogP contribution in [0.25, 0.3) is 11.4 Å². The molecule has 3 heterocycles. The van der Waals surface area contributed by atoms with Gasteiger partial charge in [0.2, 0.25) is 0 Å². The van der Waals surface area contributed by atoms with Crippen LogP contribution in [-0.2, 0) is 7.05 Å². The summed E-state index contributed by atoms with van der Waals surface area (Å²) in [6.07, 6.45) is 5.81. The Hall–Kier alpha value is -3.35. The van der Waals surface area contributed by atoms with Crippen molar-refractivity contribution in [2.75, 3.05) is 26.2 Å². The maximum absolute atomic E-state index is 13.3. The molecule has 0 bridgehead atoms. The van der Waals surface area contributed by atoms with Gasteiger partial charge in [0.15, 0.2) is 5.76 Å². The van der Waals surface area contributed by atoms with Gasteiger partial charge in [0.05, 0.1) is 11.8 Å². The predicted molar refractivity (Wildman–Crippen MR) is 104 cm³/mol. The number of carbonyl (C=O) groups is 2. The van der Waals surface area contributed by atoms with E-state index in [0.717, 1.165) is 17.8 Å². The Morgan fingerprint density at radius 3 is 2.39 bits per heavy atom. The fraction of sp³-hybridized carbons (Fsp3) is 0.286. The Morgan fingerprint density at radius 1 is 0.964 bits per heavy atom. The van der Waals surface area contributed by atoms with E-state index >= 15 is 0 Å². The Morgan fingerprint density at radius 2 is 1.71 bits per heavy atom. The van der Waals surface area contributed by atoms with Crippen LogP contribution in [0.4, 0.5) is 0 Å². The molecular formula is C21H22N4O3. The minimum Gasteiger partial charge on any atom is -0.459 e. The number of benzene rings is 1. The number of hydrogen-bond acceptors (Lipinski definition) is 4. The molecule has 28 heavy (non-hydrogen) atoms. The second kappa shape index (κ2) is 7.72. The summed E-state index contributed by atoms with van der Waals surface area (Å²) >= 11 is 0. The molecule has 7 heteroatoms. The van der Waals surface area contributed by atoms with Crippen LogP contribution >= 0.6 is 0 Å². The van der Waals surface area contributed by atoms with Gasteiger partial charge in [-0.3, -0.25) is 9.59 Å². The first kappa shape index (κ1) is 18.0. The van der Waals surface area contributed by atoms with Crippen LogP contribution < -0.4 is 0 Å². The van der Waals surface area contributed by atoms with Gasteiger partial charge in [0.1, 0.15) is 5.82 Å². The van der Waals surface area contributed by atoms with Crippen molar-refractivity contribution >= 4 is 11.8 Å². The molecule has 144 valence electrons. The Balaban J connectivity index is 1.52. The zero-order valence-corrected chi connectivity index (χ0v) is 15.7. The average Bonchev–Trinajstić information content (AvgIpc) is 3.33. The van der Waals surface area contributed by atoms with E-state index in [4.69, 9.17) is 4.42 Å². The summed E-state index contributed by atoms with van der Waals surface area (Å²) in [6.45, 7) is 2.18. The molecule has 2 amide bonds. The number of hydrogen-bond donors (Lipinski definition) is 0. The maximum Gasteiger partial charge on any atom is 0.289 e. The highest BCUT2D eigenvalue weighted by molar-refractivity contribution is 6.00. The summed E-state index contributed by atoms with van der Waals surface area (Å²) < 4.78 is 7.12. The first-order chi connectivity index (χ1) is 13.6. The van der Waals surface area contributed by atoms with Crippen LogP contribution in [0.2, 0.25) is 0 Å². The topological polar surface area (TPSA) is 71.6 Å². The quantitative estimate of drug-likeness (QED) is 0.702. The lowest BCUT2D eigenvalue weighted by Gasteiger charge is -2.22. The van der Waals surface area contributed by atoms with Crippen molar-refractivity contribution in [3.63, 3.8) is 0 Å². The average molecular weight is 378 g/mol. The fourth-order valence-corrected chi connectivity index (χ4v) is 3.54. The Bertz CT molecular complexity index is 977. The SMILES string of the molecule is Cn1ccnc1-c1ccccc1C(=O)N1CCCN(C(=O)c2ccco2)CC1. The summed E-state index contributed by atoms with van der Waals surface area (Å²) in [5, 5.41) is 0. The normalized spacial score (nSPS) is 14.8. The summed E-state index contributed by atoms with van der Waals surface area (Å²) in [7, 11) is 1.91. The zero-order chi connectivity index (χ0) is 19.5. The molecule has 4 rings (SSSR count). The molecule has 3 aromatic rings. The van der Waals surface area contributed by atoms with Crippen LogP contribution in [0.5, 0.6) is 0 Å². The summed E-state index contributed by atoms with van der Waals surface area (Å²) in [4.78, 5) is 33.7. The number of aromatic nitrogens is 2. The van der Waals surface area contributed by atoms with Gasteiger partial charge in [0, 0.05) is 51.2 Å². The molecule has 0 atom stereocenters. The molecule has 0 radical (unpaired) electrons. The van der Waals surface area contributed by atoms with E-state index in [-0.39, 0.29) is 11.8 Å². The molecule has 1 aliphatic rings. The van der Waals surface area contributed by atoms with Crippen LogP contribution in [-0.4, -0.2) is 57.3 Å². The molecule has 1 aromatic carbocycles. The third-order valence-corrected chi connectivity index (χ3v) is 5.02. The second-order valence-electron chi connectivity index (χ2n) is 6.82. The highest BCUT2D eigenvalue weighted by Gasteiger charge is 2.26. The van der Waals surface area contributed by atoms with Gasteiger partial charge in [-0.2, -0.15) is 0 Å². The van der Waals surface area contributed by atoms with E-state index in [1.54, 1.807) is 23.2 Å². The van der Waals surface area contributed by atoms with Crippen LogP contribution in [0, 0.1) is 0 Å². The van der Waals surface area contributed by atoms with E-state index in [0.29, 0.717) is 37.5 Å². The van der Waals surface area contributed by atoms with E-state index in [9.17, 15) is 9.59 Å². The van der Waals surface area contributed by atoms with Gasteiger partial charge in [-0.15, -0.1) is 0 Å². The number of aryl methyl sites for hydroxylation is 1. The van der Waals surface area contributed by atoms with E-state index in [1.165, 1.54) is 6.26 Å². The molecule has 0 N–H and O–H groups in total. The predicted octanol–water partition coefficient (Wildman–Crippen LogP) is 2.67. The van der Waals surface area contributed by atoms with Crippen molar-refractivity contribution in [3.8, 4) is 11.4 Å². The highest BCUT2D eigenvalue weighted by atomic mass is 16.3. The monoisotopic (exact) mass is 378 g/mol. The van der Waals surface area contributed by atoms with E-state index in [1.807, 2.05) is 47.0 Å². The molecular weight excluding hydrogens is 356 g/mol. The maximum atomic E-state index is 13.3. The number of imidazole rings is 1. The number of furan rings is 1. The third kappa shape index (κ3) is 3.43. The van der Waals surface area contributed by atoms with E-state index in [2.05, 4.69) is 4.98 Å². The molecule has 0 aliphatic carbocycles. The number of carbonyl (C=O) groups excluding carboxylic acids is 2. The summed E-state index contributed by atoms with van der Waals surface area (Å²) in [5.41, 5.74) is 1.44. The van der Waals surface area contributed by atoms with Gasteiger partial charge in [-0.1, -0.05) is 18.2 Å². The third-order valence-electron chi connectivity index (χ3n) is 5.02. The van der Waals surface area contributed by atoms with Gasteiger partial charge in [-0.25, -0.2) is 4.98 Å². The molecule has 2 aromatic heterocycles. The van der Waals surface area contributed by atoms with Crippen LogP contribution in [0.15, 0.2) is 59.5 Å². The Kier molecular flexibility index (Phi) is 4.97. The van der Waals surface area contributed by atoms with Crippen molar-refractivity contribution in [2.24, 2.45) is 7.05 Å². The van der Waals surface area contributed by atoms with Crippen molar-refractivity contribution in [1.29, 1.82) is 0 Å². The lowest BCUT2D eigenvalue weighted by atomic mass is 10.1. The molecule has 1 fully saturated rings. The van der Waals surface area contributed by atoms with Crippen LogP contribution in [0.1, 0.15) is 27.3 Å². The zero-order valence-electron chi connectivity index (χ0n) is 15.7. The van der Waals surface area contributed by atoms with Crippen molar-refractivity contribution < 1.29 is 14.0 Å². The molecule has 0 unspecified atom stereocenters. The van der Waals surface area contributed by atoms with Crippen molar-refractivity contribution in [1.82, 2.24) is 19.4 Å². The number of nitrogens with zero attached hydrogens (tertiary/aromatic N) is 4. The molecule has 1 saturated heterocycles. The molecule has 1 aliphatic heterocycles. The van der Waals surface area contributed by atoms with Crippen molar-refractivity contribution in [3.05, 3.63) is 66.4 Å². The molecule has 7 nitrogen and oxygen atoms in total. The summed E-state index contributed by atoms with van der Waals surface area (Å²) in [5.74, 6) is 0.923. The van der Waals surface area contributed by atoms with Gasteiger partial charge in [-0.05, 0) is 24.6 Å². The van der Waals surface area contributed by atoms with Crippen molar-refractivity contribution in [2.45, 2.75) is 6.42 Å². The van der Waals surface area contributed by atoms with Crippen LogP contribution in [0.3, 0.4) is 0 Å². The highest BCUT2D eigenvalue weighted by Crippen LogP contribution is 2.23. The number of rotatable bonds is 3. The lowest BCUT2D eigenvalue weighted by molar-refractivity contribution is 0.0700. The molecule has 0 spiro atoms. The second-order valence-corrected chi connectivity index (χ2v) is 6.82. The Labute approximate surface area is 163 Å². The molecule has 0 saturated carbocycles. The largest absolute Gasteiger partial charge is 0.459 e. The van der Waals surface area contributed by atoms with Gasteiger partial charge in [0.25, 0.3) is 11.8 Å². The van der Waals surface area contributed by atoms with Gasteiger partial charge < -0.3 is 18.8 Å². The minimum absolute atomic E-state index is 0.0362. The minimum atomic E-state index is -0.132. The first-order valence-corrected chi connectivity index (χ1v) is 9.34. The fourth-order valence-electron chi connectivity index (χ4n) is 3.54. The first-order valence-electron chi connectivity index (χ1n) is 9.34. The lowest BCUT2D eigenvalue weighted by Crippen LogP contribution is -2.37. The van der Waals surface area contributed by atoms with Gasteiger partial charge >= 0.3 is 0 Å². The smallest absolute Gasteiger partial charge is 0.289 e. The van der Waals surface area contributed by atoms with E-state index < -0.39 is 0 Å². The number of amides is 2. The summed E-state index contributed by atoms with van der Waals surface area (Å²) in [6, 6.07) is 10.9.